The third-order valence-electron chi connectivity index (χ3n) is 5.05. The summed E-state index contributed by atoms with van der Waals surface area (Å²) in [4.78, 5) is 13.2. The van der Waals surface area contributed by atoms with Crippen LogP contribution < -0.4 is 9.47 Å². The van der Waals surface area contributed by atoms with E-state index in [0.29, 0.717) is 29.3 Å². The molecule has 0 bridgehead atoms. The van der Waals surface area contributed by atoms with Gasteiger partial charge in [-0.3, -0.25) is 4.79 Å². The van der Waals surface area contributed by atoms with E-state index in [0.717, 1.165) is 22.2 Å². The van der Waals surface area contributed by atoms with Crippen LogP contribution in [0.1, 0.15) is 21.6 Å². The number of imidazole rings is 1. The van der Waals surface area contributed by atoms with Crippen LogP contribution in [0, 0.1) is 6.92 Å². The molecule has 6 heteroatoms. The van der Waals surface area contributed by atoms with Gasteiger partial charge >= 0.3 is 0 Å². The van der Waals surface area contributed by atoms with E-state index >= 15 is 0 Å². The molecule has 2 aromatic heterocycles. The van der Waals surface area contributed by atoms with E-state index in [1.807, 2.05) is 53.9 Å². The normalized spacial score (nSPS) is 11.4. The SMILES string of the molecule is C=CCn1c2ccccc2n2nc(C)c(C(=O)C=Cc3cc(OC)cc(OC)c3)c12. The summed E-state index contributed by atoms with van der Waals surface area (Å²) in [7, 11) is 3.19. The van der Waals surface area contributed by atoms with Crippen molar-refractivity contribution in [2.24, 2.45) is 0 Å². The van der Waals surface area contributed by atoms with Crippen molar-refractivity contribution in [2.75, 3.05) is 14.2 Å². The Morgan fingerprint density at radius 1 is 1.10 bits per heavy atom. The Balaban J connectivity index is 1.81. The van der Waals surface area contributed by atoms with Gasteiger partial charge < -0.3 is 14.0 Å². The average molecular weight is 401 g/mol. The number of ketones is 1. The number of ether oxygens (including phenoxy) is 2. The molecule has 0 aliphatic heterocycles. The number of methoxy groups -OCH3 is 2. The Morgan fingerprint density at radius 2 is 1.77 bits per heavy atom. The van der Waals surface area contributed by atoms with Gasteiger partial charge in [0.1, 0.15) is 17.1 Å². The van der Waals surface area contributed by atoms with Gasteiger partial charge in [0.2, 0.25) is 0 Å². The Hall–Kier alpha value is -3.80. The van der Waals surface area contributed by atoms with Gasteiger partial charge in [-0.05, 0) is 42.8 Å². The van der Waals surface area contributed by atoms with Crippen molar-refractivity contribution < 1.29 is 14.3 Å². The largest absolute Gasteiger partial charge is 0.497 e. The summed E-state index contributed by atoms with van der Waals surface area (Å²) in [5.41, 5.74) is 4.82. The molecule has 0 aliphatic carbocycles. The van der Waals surface area contributed by atoms with Crippen molar-refractivity contribution in [1.29, 1.82) is 0 Å². The molecule has 0 radical (unpaired) electrons. The number of carbonyl (C=O) groups excluding carboxylic acids is 1. The van der Waals surface area contributed by atoms with Gasteiger partial charge in [0.25, 0.3) is 0 Å². The number of benzene rings is 2. The highest BCUT2D eigenvalue weighted by Gasteiger charge is 2.21. The fraction of sp³-hybridized carbons (Fsp3) is 0.167. The number of hydrogen-bond acceptors (Lipinski definition) is 4. The zero-order valence-electron chi connectivity index (χ0n) is 17.3. The smallest absolute Gasteiger partial charge is 0.191 e. The lowest BCUT2D eigenvalue weighted by Crippen LogP contribution is -2.02. The van der Waals surface area contributed by atoms with Crippen molar-refractivity contribution in [3.05, 3.63) is 78.0 Å². The zero-order chi connectivity index (χ0) is 21.3. The second kappa shape index (κ2) is 7.91. The maximum Gasteiger partial charge on any atom is 0.191 e. The standard InChI is InChI=1S/C24H23N3O3/c1-5-12-26-20-8-6-7-9-21(20)27-24(26)23(16(2)25-27)22(28)11-10-17-13-18(29-3)15-19(14-17)30-4/h5-11,13-15H,1,12H2,2-4H3. The molecule has 4 rings (SSSR count). The molecule has 0 N–H and O–H groups in total. The summed E-state index contributed by atoms with van der Waals surface area (Å²) in [5, 5.41) is 4.64. The first kappa shape index (κ1) is 19.5. The molecule has 0 atom stereocenters. The Morgan fingerprint density at radius 3 is 2.40 bits per heavy atom. The van der Waals surface area contributed by atoms with E-state index in [4.69, 9.17) is 9.47 Å². The van der Waals surface area contributed by atoms with Crippen LogP contribution in [0.25, 0.3) is 22.8 Å². The molecule has 0 aliphatic rings. The first-order valence-electron chi connectivity index (χ1n) is 9.60. The molecule has 2 aromatic carbocycles. The number of allylic oxidation sites excluding steroid dienone is 2. The minimum Gasteiger partial charge on any atom is -0.497 e. The molecule has 152 valence electrons. The van der Waals surface area contributed by atoms with Gasteiger partial charge in [-0.25, -0.2) is 4.52 Å². The zero-order valence-corrected chi connectivity index (χ0v) is 17.3. The van der Waals surface area contributed by atoms with Crippen LogP contribution in [-0.4, -0.2) is 34.2 Å². The number of para-hydroxylation sites is 2. The molecule has 0 unspecified atom stereocenters. The highest BCUT2D eigenvalue weighted by atomic mass is 16.5. The summed E-state index contributed by atoms with van der Waals surface area (Å²) in [6, 6.07) is 13.5. The first-order valence-corrected chi connectivity index (χ1v) is 9.60. The average Bonchev–Trinajstić information content (AvgIpc) is 3.25. The molecule has 2 heterocycles. The van der Waals surface area contributed by atoms with E-state index in [1.165, 1.54) is 0 Å². The summed E-state index contributed by atoms with van der Waals surface area (Å²) in [5.74, 6) is 1.21. The van der Waals surface area contributed by atoms with Crippen LogP contribution in [0.5, 0.6) is 11.5 Å². The Bertz CT molecular complexity index is 1270. The van der Waals surface area contributed by atoms with Crippen LogP contribution in [-0.2, 0) is 6.54 Å². The monoisotopic (exact) mass is 401 g/mol. The van der Waals surface area contributed by atoms with Crippen LogP contribution >= 0.6 is 0 Å². The van der Waals surface area contributed by atoms with E-state index in [-0.39, 0.29) is 5.78 Å². The molecular weight excluding hydrogens is 378 g/mol. The number of aryl methyl sites for hydroxylation is 1. The molecule has 30 heavy (non-hydrogen) atoms. The third-order valence-corrected chi connectivity index (χ3v) is 5.05. The minimum absolute atomic E-state index is 0.114. The van der Waals surface area contributed by atoms with Crippen molar-refractivity contribution in [1.82, 2.24) is 14.2 Å². The molecule has 0 fully saturated rings. The van der Waals surface area contributed by atoms with Gasteiger partial charge in [0, 0.05) is 12.6 Å². The lowest BCUT2D eigenvalue weighted by Gasteiger charge is -2.06. The van der Waals surface area contributed by atoms with Gasteiger partial charge in [-0.2, -0.15) is 5.10 Å². The minimum atomic E-state index is -0.114. The van der Waals surface area contributed by atoms with Crippen LogP contribution in [0.4, 0.5) is 0 Å². The first-order chi connectivity index (χ1) is 14.6. The Kier molecular flexibility index (Phi) is 5.14. The lowest BCUT2D eigenvalue weighted by molar-refractivity contribution is 0.104. The van der Waals surface area contributed by atoms with E-state index in [2.05, 4.69) is 16.2 Å². The second-order valence-electron chi connectivity index (χ2n) is 6.93. The van der Waals surface area contributed by atoms with Crippen molar-refractivity contribution in [3.8, 4) is 11.5 Å². The summed E-state index contributed by atoms with van der Waals surface area (Å²) in [6.45, 7) is 6.31. The van der Waals surface area contributed by atoms with Gasteiger partial charge in [0.15, 0.2) is 5.78 Å². The van der Waals surface area contributed by atoms with Gasteiger partial charge in [-0.1, -0.05) is 24.3 Å². The van der Waals surface area contributed by atoms with Crippen molar-refractivity contribution in [2.45, 2.75) is 13.5 Å². The molecule has 0 spiro atoms. The molecule has 0 saturated carbocycles. The van der Waals surface area contributed by atoms with Crippen LogP contribution in [0.2, 0.25) is 0 Å². The third kappa shape index (κ3) is 3.26. The Labute approximate surface area is 174 Å². The number of fused-ring (bicyclic) bond motifs is 3. The summed E-state index contributed by atoms with van der Waals surface area (Å²) < 4.78 is 14.5. The molecule has 0 amide bonds. The summed E-state index contributed by atoms with van der Waals surface area (Å²) >= 11 is 0. The maximum absolute atomic E-state index is 13.2. The molecule has 4 aromatic rings. The topological polar surface area (TPSA) is 57.8 Å². The van der Waals surface area contributed by atoms with Crippen molar-refractivity contribution in [3.63, 3.8) is 0 Å². The number of hydrogen-bond donors (Lipinski definition) is 0. The molecule has 6 nitrogen and oxygen atoms in total. The van der Waals surface area contributed by atoms with Gasteiger partial charge in [-0.15, -0.1) is 6.58 Å². The summed E-state index contributed by atoms with van der Waals surface area (Å²) in [6.07, 6.45) is 5.15. The fourth-order valence-electron chi connectivity index (χ4n) is 3.70. The van der Waals surface area contributed by atoms with Crippen LogP contribution in [0.15, 0.2) is 61.2 Å². The number of nitrogens with zero attached hydrogens (tertiary/aromatic N) is 3. The predicted molar refractivity (Wildman–Crippen MR) is 119 cm³/mol. The van der Waals surface area contributed by atoms with E-state index in [1.54, 1.807) is 32.4 Å². The number of aromatic nitrogens is 3. The highest BCUT2D eigenvalue weighted by Crippen LogP contribution is 2.27. The highest BCUT2D eigenvalue weighted by molar-refractivity contribution is 6.12. The fourth-order valence-corrected chi connectivity index (χ4v) is 3.70. The molecular formula is C24H23N3O3. The second-order valence-corrected chi connectivity index (χ2v) is 6.93. The maximum atomic E-state index is 13.2. The predicted octanol–water partition coefficient (Wildman–Crippen LogP) is 4.70. The van der Waals surface area contributed by atoms with Gasteiger partial charge in [0.05, 0.1) is 36.5 Å². The van der Waals surface area contributed by atoms with Crippen LogP contribution in [0.3, 0.4) is 0 Å². The molecule has 0 saturated heterocycles. The quantitative estimate of drug-likeness (QED) is 0.256. The number of carbonyl (C=O) groups is 1. The lowest BCUT2D eigenvalue weighted by atomic mass is 10.1. The van der Waals surface area contributed by atoms with E-state index in [9.17, 15) is 4.79 Å². The number of rotatable bonds is 7. The van der Waals surface area contributed by atoms with Crippen molar-refractivity contribution >= 4 is 28.5 Å². The van der Waals surface area contributed by atoms with E-state index < -0.39 is 0 Å².